The highest BCUT2D eigenvalue weighted by Crippen LogP contribution is 2.38. The van der Waals surface area contributed by atoms with Crippen molar-refractivity contribution in [1.29, 1.82) is 5.26 Å². The number of nitrogens with zero attached hydrogens (tertiary/aromatic N) is 1. The third-order valence-electron chi connectivity index (χ3n) is 1.85. The molecule has 0 aliphatic carbocycles. The maximum absolute atomic E-state index is 8.85. The number of halogens is 1. The van der Waals surface area contributed by atoms with E-state index in [1.54, 1.807) is 13.1 Å². The Balaban J connectivity index is 3.49. The third kappa shape index (κ3) is 1.61. The SMILES string of the molecule is CNc1c(C#N)cc(Br)c(OC)c1N. The Kier molecular flexibility index (Phi) is 3.20. The van der Waals surface area contributed by atoms with E-state index in [1.807, 2.05) is 0 Å². The Hall–Kier alpha value is -1.41. The van der Waals surface area contributed by atoms with Crippen LogP contribution in [0.25, 0.3) is 0 Å². The predicted octanol–water partition coefficient (Wildman–Crippen LogP) is 1.95. The smallest absolute Gasteiger partial charge is 0.158 e. The molecule has 0 amide bonds. The van der Waals surface area contributed by atoms with Crippen LogP contribution in [0.2, 0.25) is 0 Å². The molecule has 3 N–H and O–H groups in total. The average molecular weight is 256 g/mol. The summed E-state index contributed by atoms with van der Waals surface area (Å²) in [6, 6.07) is 3.72. The van der Waals surface area contributed by atoms with Crippen LogP contribution in [-0.4, -0.2) is 14.2 Å². The van der Waals surface area contributed by atoms with Crippen LogP contribution in [0.15, 0.2) is 10.5 Å². The molecule has 0 bridgehead atoms. The lowest BCUT2D eigenvalue weighted by atomic mass is 10.1. The van der Waals surface area contributed by atoms with Crippen LogP contribution in [0.4, 0.5) is 11.4 Å². The van der Waals surface area contributed by atoms with Crippen molar-refractivity contribution in [3.8, 4) is 11.8 Å². The van der Waals surface area contributed by atoms with Crippen molar-refractivity contribution in [3.63, 3.8) is 0 Å². The number of nitrogen functional groups attached to an aromatic ring is 1. The molecule has 0 saturated carbocycles. The molecule has 0 radical (unpaired) electrons. The Bertz CT molecular complexity index is 398. The lowest BCUT2D eigenvalue weighted by molar-refractivity contribution is 0.414. The van der Waals surface area contributed by atoms with Crippen LogP contribution in [0, 0.1) is 11.3 Å². The van der Waals surface area contributed by atoms with Crippen LogP contribution in [0.3, 0.4) is 0 Å². The van der Waals surface area contributed by atoms with Gasteiger partial charge in [0.2, 0.25) is 0 Å². The van der Waals surface area contributed by atoms with E-state index in [0.29, 0.717) is 27.2 Å². The first-order valence-corrected chi connectivity index (χ1v) is 4.68. The molecule has 14 heavy (non-hydrogen) atoms. The number of anilines is 2. The van der Waals surface area contributed by atoms with E-state index in [4.69, 9.17) is 15.7 Å². The number of hydrogen-bond donors (Lipinski definition) is 2. The van der Waals surface area contributed by atoms with Crippen LogP contribution in [0.1, 0.15) is 5.56 Å². The average Bonchev–Trinajstić information content (AvgIpc) is 2.17. The Morgan fingerprint density at radius 1 is 1.64 bits per heavy atom. The summed E-state index contributed by atoms with van der Waals surface area (Å²) in [5.74, 6) is 0.536. The lowest BCUT2D eigenvalue weighted by Crippen LogP contribution is -2.02. The fourth-order valence-corrected chi connectivity index (χ4v) is 1.82. The van der Waals surface area contributed by atoms with E-state index < -0.39 is 0 Å². The lowest BCUT2D eigenvalue weighted by Gasteiger charge is -2.12. The fourth-order valence-electron chi connectivity index (χ4n) is 1.22. The molecule has 0 saturated heterocycles. The summed E-state index contributed by atoms with van der Waals surface area (Å²) in [7, 11) is 3.24. The zero-order chi connectivity index (χ0) is 10.7. The van der Waals surface area contributed by atoms with E-state index in [-0.39, 0.29) is 0 Å². The minimum absolute atomic E-state index is 0.431. The van der Waals surface area contributed by atoms with Crippen LogP contribution >= 0.6 is 15.9 Å². The maximum atomic E-state index is 8.85. The molecule has 4 nitrogen and oxygen atoms in total. The molecule has 1 rings (SSSR count). The van der Waals surface area contributed by atoms with Gasteiger partial charge in [0.15, 0.2) is 5.75 Å². The number of benzene rings is 1. The quantitative estimate of drug-likeness (QED) is 0.793. The van der Waals surface area contributed by atoms with Gasteiger partial charge in [-0.2, -0.15) is 5.26 Å². The van der Waals surface area contributed by atoms with E-state index >= 15 is 0 Å². The largest absolute Gasteiger partial charge is 0.493 e. The van der Waals surface area contributed by atoms with Gasteiger partial charge in [0, 0.05) is 7.05 Å². The van der Waals surface area contributed by atoms with Gasteiger partial charge in [0.25, 0.3) is 0 Å². The summed E-state index contributed by atoms with van der Waals surface area (Å²) in [6.07, 6.45) is 0. The molecular formula is C9H10BrN3O. The molecule has 0 heterocycles. The number of nitriles is 1. The van der Waals surface area contributed by atoms with Crippen molar-refractivity contribution in [2.75, 3.05) is 25.2 Å². The zero-order valence-corrected chi connectivity index (χ0v) is 9.47. The van der Waals surface area contributed by atoms with Gasteiger partial charge < -0.3 is 15.8 Å². The molecule has 0 aliphatic rings. The monoisotopic (exact) mass is 255 g/mol. The molecule has 1 aromatic rings. The van der Waals surface area contributed by atoms with E-state index in [0.717, 1.165) is 0 Å². The number of methoxy groups -OCH3 is 1. The minimum Gasteiger partial charge on any atom is -0.493 e. The second-order valence-electron chi connectivity index (χ2n) is 2.59. The standard InChI is InChI=1S/C9H10BrN3O/c1-13-8-5(4-11)3-6(10)9(14-2)7(8)12/h3,13H,12H2,1-2H3. The topological polar surface area (TPSA) is 71.1 Å². The first-order chi connectivity index (χ1) is 6.65. The Labute approximate surface area is 90.8 Å². The number of ether oxygens (including phenoxy) is 1. The van der Waals surface area contributed by atoms with Crippen molar-refractivity contribution in [2.24, 2.45) is 0 Å². The number of nitrogens with one attached hydrogen (secondary N) is 1. The third-order valence-corrected chi connectivity index (χ3v) is 2.43. The molecule has 5 heteroatoms. The van der Waals surface area contributed by atoms with Crippen molar-refractivity contribution >= 4 is 27.3 Å². The molecule has 1 aromatic carbocycles. The fraction of sp³-hybridized carbons (Fsp3) is 0.222. The van der Waals surface area contributed by atoms with Gasteiger partial charge in [-0.15, -0.1) is 0 Å². The molecule has 0 unspecified atom stereocenters. The molecule has 0 atom stereocenters. The Morgan fingerprint density at radius 3 is 2.71 bits per heavy atom. The first kappa shape index (κ1) is 10.7. The highest BCUT2D eigenvalue weighted by molar-refractivity contribution is 9.10. The molecule has 0 spiro atoms. The summed E-state index contributed by atoms with van der Waals surface area (Å²) in [5.41, 5.74) is 7.32. The number of nitrogens with two attached hydrogens (primary N) is 1. The second kappa shape index (κ2) is 4.20. The minimum atomic E-state index is 0.431. The molecule has 74 valence electrons. The van der Waals surface area contributed by atoms with Gasteiger partial charge in [0.1, 0.15) is 11.8 Å². The molecule has 0 aliphatic heterocycles. The van der Waals surface area contributed by atoms with Crippen molar-refractivity contribution in [3.05, 3.63) is 16.1 Å². The number of rotatable bonds is 2. The van der Waals surface area contributed by atoms with Crippen LogP contribution < -0.4 is 15.8 Å². The zero-order valence-electron chi connectivity index (χ0n) is 7.89. The van der Waals surface area contributed by atoms with Gasteiger partial charge in [-0.25, -0.2) is 0 Å². The molecule has 0 fully saturated rings. The van der Waals surface area contributed by atoms with Crippen molar-refractivity contribution < 1.29 is 4.74 Å². The van der Waals surface area contributed by atoms with Gasteiger partial charge in [-0.05, 0) is 22.0 Å². The van der Waals surface area contributed by atoms with Crippen molar-refractivity contribution in [1.82, 2.24) is 0 Å². The van der Waals surface area contributed by atoms with Crippen LogP contribution in [0.5, 0.6) is 5.75 Å². The highest BCUT2D eigenvalue weighted by Gasteiger charge is 2.13. The summed E-state index contributed by atoms with van der Waals surface area (Å²) in [4.78, 5) is 0. The molecular weight excluding hydrogens is 246 g/mol. The van der Waals surface area contributed by atoms with E-state index in [1.165, 1.54) is 7.11 Å². The van der Waals surface area contributed by atoms with Crippen LogP contribution in [-0.2, 0) is 0 Å². The van der Waals surface area contributed by atoms with E-state index in [2.05, 4.69) is 27.3 Å². The summed E-state index contributed by atoms with van der Waals surface area (Å²) in [6.45, 7) is 0. The van der Waals surface area contributed by atoms with Gasteiger partial charge in [-0.1, -0.05) is 0 Å². The summed E-state index contributed by atoms with van der Waals surface area (Å²) < 4.78 is 5.77. The van der Waals surface area contributed by atoms with Gasteiger partial charge in [-0.3, -0.25) is 0 Å². The van der Waals surface area contributed by atoms with E-state index in [9.17, 15) is 0 Å². The normalized spacial score (nSPS) is 9.29. The highest BCUT2D eigenvalue weighted by atomic mass is 79.9. The Morgan fingerprint density at radius 2 is 2.29 bits per heavy atom. The molecule has 0 aromatic heterocycles. The summed E-state index contributed by atoms with van der Waals surface area (Å²) in [5, 5.41) is 11.7. The first-order valence-electron chi connectivity index (χ1n) is 3.89. The van der Waals surface area contributed by atoms with Gasteiger partial charge >= 0.3 is 0 Å². The predicted molar refractivity (Wildman–Crippen MR) is 59.4 cm³/mol. The summed E-state index contributed by atoms with van der Waals surface area (Å²) >= 11 is 3.28. The van der Waals surface area contributed by atoms with Crippen molar-refractivity contribution in [2.45, 2.75) is 0 Å². The second-order valence-corrected chi connectivity index (χ2v) is 3.44. The number of hydrogen-bond acceptors (Lipinski definition) is 4. The van der Waals surface area contributed by atoms with Gasteiger partial charge in [0.05, 0.1) is 22.8 Å². The maximum Gasteiger partial charge on any atom is 0.158 e.